The Morgan fingerprint density at radius 1 is 1.00 bits per heavy atom. The summed E-state index contributed by atoms with van der Waals surface area (Å²) in [5, 5.41) is 8.23. The third-order valence-corrected chi connectivity index (χ3v) is 1.91. The summed E-state index contributed by atoms with van der Waals surface area (Å²) in [6.45, 7) is -0.624. The quantitative estimate of drug-likeness (QED) is 0.764. The summed E-state index contributed by atoms with van der Waals surface area (Å²) in [5.41, 5.74) is 4.58. The molecule has 0 aromatic heterocycles. The summed E-state index contributed by atoms with van der Waals surface area (Å²) in [5.74, 6) is -11.6. The van der Waals surface area contributed by atoms with Gasteiger partial charge >= 0.3 is 18.0 Å². The van der Waals surface area contributed by atoms with Gasteiger partial charge in [0.25, 0.3) is 0 Å². The first-order chi connectivity index (χ1) is 6.98. The monoisotopic (exact) mass is 293 g/mol. The van der Waals surface area contributed by atoms with Crippen LogP contribution in [0.1, 0.15) is 12.8 Å². The van der Waals surface area contributed by atoms with Gasteiger partial charge in [0.15, 0.2) is 0 Å². The van der Waals surface area contributed by atoms with E-state index in [4.69, 9.17) is 5.11 Å². The lowest BCUT2D eigenvalue weighted by molar-refractivity contribution is -0.358. The first-order valence-corrected chi connectivity index (χ1v) is 4.17. The minimum atomic E-state index is -6.37. The highest BCUT2D eigenvalue weighted by molar-refractivity contribution is 5.85. The van der Waals surface area contributed by atoms with Gasteiger partial charge in [-0.2, -0.15) is 30.7 Å². The van der Waals surface area contributed by atoms with Crippen molar-refractivity contribution in [1.82, 2.24) is 0 Å². The van der Waals surface area contributed by atoms with E-state index in [1.54, 1.807) is 0 Å². The molecular weight excluding hydrogens is 283 g/mol. The molecule has 0 spiro atoms. The second kappa shape index (κ2) is 6.05. The molecule has 0 heterocycles. The van der Waals surface area contributed by atoms with Crippen LogP contribution < -0.4 is 5.73 Å². The van der Waals surface area contributed by atoms with Crippen LogP contribution in [0.4, 0.5) is 30.7 Å². The van der Waals surface area contributed by atoms with Gasteiger partial charge < -0.3 is 10.8 Å². The molecule has 0 bridgehead atoms. The molecule has 1 atom stereocenters. The van der Waals surface area contributed by atoms with Crippen molar-refractivity contribution >= 4 is 12.4 Å². The minimum Gasteiger partial charge on any atom is -0.396 e. The molecule has 3 N–H and O–H groups in total. The van der Waals surface area contributed by atoms with Gasteiger partial charge in [0, 0.05) is 6.61 Å². The SMILES string of the molecule is Cl.N[C@H](CCCO)C(F)(F)C(F)(F)C(F)(F)F. The molecule has 10 heteroatoms. The van der Waals surface area contributed by atoms with E-state index in [1.807, 2.05) is 0 Å². The highest BCUT2D eigenvalue weighted by Crippen LogP contribution is 2.48. The fraction of sp³-hybridized carbons (Fsp3) is 1.00. The Labute approximate surface area is 98.4 Å². The number of rotatable bonds is 5. The highest BCUT2D eigenvalue weighted by Gasteiger charge is 2.74. The molecule has 0 amide bonds. The zero-order chi connectivity index (χ0) is 13.2. The topological polar surface area (TPSA) is 46.2 Å². The van der Waals surface area contributed by atoms with E-state index >= 15 is 0 Å². The van der Waals surface area contributed by atoms with Gasteiger partial charge in [-0.25, -0.2) is 0 Å². The average Bonchev–Trinajstić information content (AvgIpc) is 2.11. The van der Waals surface area contributed by atoms with Crippen molar-refractivity contribution in [2.45, 2.75) is 36.9 Å². The number of nitrogens with two attached hydrogens (primary N) is 1. The van der Waals surface area contributed by atoms with Gasteiger partial charge in [-0.05, 0) is 12.8 Å². The maximum absolute atomic E-state index is 12.7. The molecule has 0 aromatic rings. The second-order valence-electron chi connectivity index (χ2n) is 3.17. The van der Waals surface area contributed by atoms with Crippen molar-refractivity contribution in [3.05, 3.63) is 0 Å². The van der Waals surface area contributed by atoms with Crippen LogP contribution in [0.25, 0.3) is 0 Å². The maximum Gasteiger partial charge on any atom is 0.459 e. The number of alkyl halides is 7. The number of halogens is 8. The molecule has 2 nitrogen and oxygen atoms in total. The molecule has 17 heavy (non-hydrogen) atoms. The van der Waals surface area contributed by atoms with Gasteiger partial charge in [0.05, 0.1) is 6.04 Å². The van der Waals surface area contributed by atoms with Crippen LogP contribution >= 0.6 is 12.4 Å². The Morgan fingerprint density at radius 2 is 1.41 bits per heavy atom. The summed E-state index contributed by atoms with van der Waals surface area (Å²) in [6.07, 6.45) is -7.59. The van der Waals surface area contributed by atoms with Crippen LogP contribution in [-0.2, 0) is 0 Å². The Balaban J connectivity index is 0. The molecule has 0 radical (unpaired) electrons. The molecule has 0 saturated carbocycles. The standard InChI is InChI=1S/C7H10F7NO.ClH/c8-5(9,4(15)2-1-3-16)6(10,11)7(12,13)14;/h4,16H,1-3,15H2;1H/t4-;/m1./s1. The van der Waals surface area contributed by atoms with Crippen LogP contribution in [0.3, 0.4) is 0 Å². The van der Waals surface area contributed by atoms with Crippen LogP contribution in [0, 0.1) is 0 Å². The fourth-order valence-corrected chi connectivity index (χ4v) is 0.914. The van der Waals surface area contributed by atoms with E-state index in [0.717, 1.165) is 0 Å². The van der Waals surface area contributed by atoms with Crippen molar-refractivity contribution in [3.63, 3.8) is 0 Å². The fourth-order valence-electron chi connectivity index (χ4n) is 0.914. The molecular formula is C7H11ClF7NO. The van der Waals surface area contributed by atoms with Crippen molar-refractivity contribution in [2.24, 2.45) is 5.73 Å². The van der Waals surface area contributed by atoms with Crippen LogP contribution in [0.15, 0.2) is 0 Å². The summed E-state index contributed by atoms with van der Waals surface area (Å²) < 4.78 is 85.2. The van der Waals surface area contributed by atoms with Gasteiger partial charge in [0.1, 0.15) is 0 Å². The molecule has 0 aliphatic heterocycles. The van der Waals surface area contributed by atoms with Crippen molar-refractivity contribution in [3.8, 4) is 0 Å². The summed E-state index contributed by atoms with van der Waals surface area (Å²) >= 11 is 0. The lowest BCUT2D eigenvalue weighted by Crippen LogP contribution is -2.60. The van der Waals surface area contributed by atoms with E-state index in [2.05, 4.69) is 5.73 Å². The average molecular weight is 294 g/mol. The molecule has 0 aliphatic carbocycles. The lowest BCUT2D eigenvalue weighted by atomic mass is 9.99. The molecule has 0 aromatic carbocycles. The number of hydrogen-bond acceptors (Lipinski definition) is 2. The zero-order valence-corrected chi connectivity index (χ0v) is 9.09. The van der Waals surface area contributed by atoms with Crippen molar-refractivity contribution in [2.75, 3.05) is 6.61 Å². The van der Waals surface area contributed by atoms with Crippen molar-refractivity contribution < 1.29 is 35.8 Å². The van der Waals surface area contributed by atoms with E-state index in [1.165, 1.54) is 0 Å². The molecule has 0 rings (SSSR count). The third-order valence-electron chi connectivity index (χ3n) is 1.91. The lowest BCUT2D eigenvalue weighted by Gasteiger charge is -2.32. The number of hydrogen-bond donors (Lipinski definition) is 2. The van der Waals surface area contributed by atoms with Crippen molar-refractivity contribution in [1.29, 1.82) is 0 Å². The second-order valence-corrected chi connectivity index (χ2v) is 3.17. The van der Waals surface area contributed by atoms with Gasteiger partial charge in [0.2, 0.25) is 0 Å². The Kier molecular flexibility index (Phi) is 6.79. The molecule has 106 valence electrons. The first kappa shape index (κ1) is 19.1. The summed E-state index contributed by atoms with van der Waals surface area (Å²) in [7, 11) is 0. The Morgan fingerprint density at radius 3 is 1.71 bits per heavy atom. The predicted molar refractivity (Wildman–Crippen MR) is 47.5 cm³/mol. The molecule has 0 fully saturated rings. The third kappa shape index (κ3) is 3.85. The largest absolute Gasteiger partial charge is 0.459 e. The van der Waals surface area contributed by atoms with Gasteiger partial charge in [-0.3, -0.25) is 0 Å². The smallest absolute Gasteiger partial charge is 0.396 e. The predicted octanol–water partition coefficient (Wildman–Crippen LogP) is 2.34. The van der Waals surface area contributed by atoms with Gasteiger partial charge in [-0.1, -0.05) is 0 Å². The van der Waals surface area contributed by atoms with Crippen LogP contribution in [-0.4, -0.2) is 35.8 Å². The minimum absolute atomic E-state index is 0. The zero-order valence-electron chi connectivity index (χ0n) is 8.28. The van der Waals surface area contributed by atoms with E-state index in [-0.39, 0.29) is 18.8 Å². The number of aliphatic hydroxyl groups is 1. The van der Waals surface area contributed by atoms with E-state index in [0.29, 0.717) is 0 Å². The summed E-state index contributed by atoms with van der Waals surface area (Å²) in [6, 6.07) is -2.67. The molecule has 0 unspecified atom stereocenters. The Hall–Kier alpha value is -0.280. The highest BCUT2D eigenvalue weighted by atomic mass is 35.5. The van der Waals surface area contributed by atoms with E-state index in [9.17, 15) is 30.7 Å². The molecule has 0 aliphatic rings. The number of aliphatic hydroxyl groups excluding tert-OH is 1. The van der Waals surface area contributed by atoms with Crippen LogP contribution in [0.2, 0.25) is 0 Å². The molecule has 0 saturated heterocycles. The van der Waals surface area contributed by atoms with E-state index < -0.39 is 37.1 Å². The van der Waals surface area contributed by atoms with Gasteiger partial charge in [-0.15, -0.1) is 12.4 Å². The summed E-state index contributed by atoms with van der Waals surface area (Å²) in [4.78, 5) is 0. The normalized spacial score (nSPS) is 15.4. The maximum atomic E-state index is 12.7. The Bertz CT molecular complexity index is 233. The van der Waals surface area contributed by atoms with Crippen LogP contribution in [0.5, 0.6) is 0 Å². The first-order valence-electron chi connectivity index (χ1n) is 4.17.